The second-order valence-corrected chi connectivity index (χ2v) is 5.68. The molecule has 4 heteroatoms. The molecule has 1 aliphatic rings. The van der Waals surface area contributed by atoms with Crippen LogP contribution in [-0.2, 0) is 9.53 Å². The van der Waals surface area contributed by atoms with Crippen LogP contribution >= 0.6 is 0 Å². The Hall–Kier alpha value is -1.39. The van der Waals surface area contributed by atoms with Crippen LogP contribution in [0.2, 0.25) is 0 Å². The fraction of sp³-hybridized carbons (Fsp3) is 0.588. The van der Waals surface area contributed by atoms with E-state index in [0.717, 1.165) is 18.4 Å². The minimum atomic E-state index is -0.441. The SMILES string of the molecule is NC(=O)[C@@H](NCCOC1CCCCCC1)c1ccccc1. The summed E-state index contributed by atoms with van der Waals surface area (Å²) in [5.74, 6) is -0.351. The summed E-state index contributed by atoms with van der Waals surface area (Å²) >= 11 is 0. The lowest BCUT2D eigenvalue weighted by atomic mass is 10.1. The molecule has 2 rings (SSSR count). The minimum absolute atomic E-state index is 0.351. The fourth-order valence-corrected chi connectivity index (χ4v) is 2.87. The lowest BCUT2D eigenvalue weighted by Crippen LogP contribution is -2.36. The number of amides is 1. The number of nitrogens with one attached hydrogen (secondary N) is 1. The highest BCUT2D eigenvalue weighted by Gasteiger charge is 2.17. The first-order chi connectivity index (χ1) is 10.3. The Kier molecular flexibility index (Phi) is 6.70. The van der Waals surface area contributed by atoms with Gasteiger partial charge in [0.2, 0.25) is 5.91 Å². The van der Waals surface area contributed by atoms with E-state index in [4.69, 9.17) is 10.5 Å². The van der Waals surface area contributed by atoms with Crippen molar-refractivity contribution in [3.05, 3.63) is 35.9 Å². The number of benzene rings is 1. The Balaban J connectivity index is 1.74. The lowest BCUT2D eigenvalue weighted by Gasteiger charge is -2.18. The van der Waals surface area contributed by atoms with Crippen LogP contribution in [0, 0.1) is 0 Å². The molecule has 0 heterocycles. The normalized spacial score (nSPS) is 18.1. The van der Waals surface area contributed by atoms with Gasteiger partial charge in [-0.1, -0.05) is 56.0 Å². The van der Waals surface area contributed by atoms with Gasteiger partial charge in [0, 0.05) is 6.54 Å². The standard InChI is InChI=1S/C17H26N2O2/c18-17(20)16(14-8-4-3-5-9-14)19-12-13-21-15-10-6-1-2-7-11-15/h3-5,8-9,15-16,19H,1-2,6-7,10-13H2,(H2,18,20)/t16-/m0/s1. The van der Waals surface area contributed by atoms with Crippen molar-refractivity contribution in [2.75, 3.05) is 13.2 Å². The molecule has 1 aromatic rings. The van der Waals surface area contributed by atoms with Gasteiger partial charge in [0.05, 0.1) is 12.7 Å². The Bertz CT molecular complexity index is 414. The molecule has 1 aromatic carbocycles. The molecule has 1 fully saturated rings. The predicted molar refractivity (Wildman–Crippen MR) is 83.8 cm³/mol. The molecule has 0 saturated heterocycles. The van der Waals surface area contributed by atoms with E-state index in [1.165, 1.54) is 25.7 Å². The molecule has 0 spiro atoms. The van der Waals surface area contributed by atoms with Crippen molar-refractivity contribution >= 4 is 5.91 Å². The van der Waals surface area contributed by atoms with Gasteiger partial charge in [0.15, 0.2) is 0 Å². The first-order valence-electron chi connectivity index (χ1n) is 7.96. The van der Waals surface area contributed by atoms with Crippen molar-refractivity contribution < 1.29 is 9.53 Å². The van der Waals surface area contributed by atoms with Gasteiger partial charge in [0.1, 0.15) is 6.04 Å². The molecule has 116 valence electrons. The molecule has 21 heavy (non-hydrogen) atoms. The van der Waals surface area contributed by atoms with E-state index in [9.17, 15) is 4.79 Å². The molecule has 0 aliphatic heterocycles. The predicted octanol–water partition coefficient (Wildman–Crippen LogP) is 2.54. The number of hydrogen-bond acceptors (Lipinski definition) is 3. The maximum Gasteiger partial charge on any atom is 0.239 e. The van der Waals surface area contributed by atoms with Crippen LogP contribution in [0.4, 0.5) is 0 Å². The van der Waals surface area contributed by atoms with E-state index in [-0.39, 0.29) is 5.91 Å². The number of hydrogen-bond donors (Lipinski definition) is 2. The van der Waals surface area contributed by atoms with Gasteiger partial charge >= 0.3 is 0 Å². The first-order valence-corrected chi connectivity index (χ1v) is 7.96. The summed E-state index contributed by atoms with van der Waals surface area (Å²) in [7, 11) is 0. The summed E-state index contributed by atoms with van der Waals surface area (Å²) in [6.45, 7) is 1.26. The summed E-state index contributed by atoms with van der Waals surface area (Å²) in [4.78, 5) is 11.6. The van der Waals surface area contributed by atoms with Gasteiger partial charge in [-0.2, -0.15) is 0 Å². The quantitative estimate of drug-likeness (QED) is 0.599. The summed E-state index contributed by atoms with van der Waals surface area (Å²) in [5, 5.41) is 3.19. The molecule has 1 saturated carbocycles. The monoisotopic (exact) mass is 290 g/mol. The van der Waals surface area contributed by atoms with E-state index in [1.807, 2.05) is 30.3 Å². The van der Waals surface area contributed by atoms with E-state index in [1.54, 1.807) is 0 Å². The minimum Gasteiger partial charge on any atom is -0.377 e. The zero-order valence-corrected chi connectivity index (χ0v) is 12.6. The van der Waals surface area contributed by atoms with E-state index in [2.05, 4.69) is 5.32 Å². The summed E-state index contributed by atoms with van der Waals surface area (Å²) in [5.41, 5.74) is 6.37. The van der Waals surface area contributed by atoms with E-state index in [0.29, 0.717) is 19.3 Å². The topological polar surface area (TPSA) is 64.4 Å². The summed E-state index contributed by atoms with van der Waals surface area (Å²) in [6.07, 6.45) is 7.91. The average Bonchev–Trinajstić information content (AvgIpc) is 2.76. The van der Waals surface area contributed by atoms with Crippen LogP contribution in [0.1, 0.15) is 50.1 Å². The Labute approximate surface area is 127 Å². The fourth-order valence-electron chi connectivity index (χ4n) is 2.87. The highest BCUT2D eigenvalue weighted by atomic mass is 16.5. The van der Waals surface area contributed by atoms with Gasteiger partial charge < -0.3 is 10.5 Å². The molecule has 3 N–H and O–H groups in total. The second kappa shape index (κ2) is 8.80. The van der Waals surface area contributed by atoms with Crippen LogP contribution in [-0.4, -0.2) is 25.2 Å². The van der Waals surface area contributed by atoms with Gasteiger partial charge in [-0.3, -0.25) is 10.1 Å². The summed E-state index contributed by atoms with van der Waals surface area (Å²) in [6, 6.07) is 9.13. The van der Waals surface area contributed by atoms with Crippen molar-refractivity contribution in [1.82, 2.24) is 5.32 Å². The number of carbonyl (C=O) groups is 1. The molecule has 1 aliphatic carbocycles. The number of carbonyl (C=O) groups excluding carboxylic acids is 1. The number of ether oxygens (including phenoxy) is 1. The van der Waals surface area contributed by atoms with Crippen LogP contribution in [0.5, 0.6) is 0 Å². The second-order valence-electron chi connectivity index (χ2n) is 5.68. The maximum atomic E-state index is 11.6. The zero-order valence-electron chi connectivity index (χ0n) is 12.6. The van der Waals surface area contributed by atoms with E-state index >= 15 is 0 Å². The van der Waals surface area contributed by atoms with Gasteiger partial charge in [-0.25, -0.2) is 0 Å². The highest BCUT2D eigenvalue weighted by Crippen LogP contribution is 2.19. The molecule has 0 radical (unpaired) electrons. The van der Waals surface area contributed by atoms with Crippen LogP contribution in [0.3, 0.4) is 0 Å². The van der Waals surface area contributed by atoms with Crippen LogP contribution in [0.15, 0.2) is 30.3 Å². The molecule has 1 amide bonds. The average molecular weight is 290 g/mol. The Morgan fingerprint density at radius 2 is 1.86 bits per heavy atom. The lowest BCUT2D eigenvalue weighted by molar-refractivity contribution is -0.120. The molecule has 0 aromatic heterocycles. The molecule has 0 bridgehead atoms. The molecular formula is C17H26N2O2. The Morgan fingerprint density at radius 3 is 2.48 bits per heavy atom. The number of rotatable bonds is 7. The van der Waals surface area contributed by atoms with Crippen molar-refractivity contribution in [2.45, 2.75) is 50.7 Å². The zero-order chi connectivity index (χ0) is 14.9. The van der Waals surface area contributed by atoms with Crippen molar-refractivity contribution in [1.29, 1.82) is 0 Å². The highest BCUT2D eigenvalue weighted by molar-refractivity contribution is 5.81. The third kappa shape index (κ3) is 5.48. The van der Waals surface area contributed by atoms with Crippen molar-refractivity contribution in [3.8, 4) is 0 Å². The van der Waals surface area contributed by atoms with Crippen molar-refractivity contribution in [2.24, 2.45) is 5.73 Å². The largest absolute Gasteiger partial charge is 0.377 e. The number of nitrogens with two attached hydrogens (primary N) is 1. The van der Waals surface area contributed by atoms with E-state index < -0.39 is 6.04 Å². The molecule has 0 unspecified atom stereocenters. The van der Waals surface area contributed by atoms with Gasteiger partial charge in [0.25, 0.3) is 0 Å². The summed E-state index contributed by atoms with van der Waals surface area (Å²) < 4.78 is 5.91. The molecular weight excluding hydrogens is 264 g/mol. The van der Waals surface area contributed by atoms with Gasteiger partial charge in [-0.05, 0) is 18.4 Å². The van der Waals surface area contributed by atoms with Gasteiger partial charge in [-0.15, -0.1) is 0 Å². The third-order valence-corrected chi connectivity index (χ3v) is 4.02. The Morgan fingerprint density at radius 1 is 1.19 bits per heavy atom. The van der Waals surface area contributed by atoms with Crippen LogP contribution in [0.25, 0.3) is 0 Å². The molecule has 1 atom stereocenters. The van der Waals surface area contributed by atoms with Crippen LogP contribution < -0.4 is 11.1 Å². The first kappa shape index (κ1) is 16.0. The molecule has 4 nitrogen and oxygen atoms in total. The smallest absolute Gasteiger partial charge is 0.239 e. The van der Waals surface area contributed by atoms with Crippen molar-refractivity contribution in [3.63, 3.8) is 0 Å². The maximum absolute atomic E-state index is 11.6. The third-order valence-electron chi connectivity index (χ3n) is 4.02. The number of primary amides is 1.